The van der Waals surface area contributed by atoms with Gasteiger partial charge in [0, 0.05) is 18.4 Å². The summed E-state index contributed by atoms with van der Waals surface area (Å²) in [4.78, 5) is 22.0. The molecule has 0 saturated heterocycles. The first-order valence-corrected chi connectivity index (χ1v) is 5.78. The minimum Gasteiger partial charge on any atom is -0.331 e. The van der Waals surface area contributed by atoms with Crippen LogP contribution in [0.2, 0.25) is 0 Å². The van der Waals surface area contributed by atoms with Gasteiger partial charge < -0.3 is 10.6 Å². The summed E-state index contributed by atoms with van der Waals surface area (Å²) in [6.07, 6.45) is 4.92. The Labute approximate surface area is 102 Å². The lowest BCUT2D eigenvalue weighted by Gasteiger charge is -2.33. The highest BCUT2D eigenvalue weighted by Crippen LogP contribution is 2.20. The van der Waals surface area contributed by atoms with Crippen molar-refractivity contribution in [1.82, 2.24) is 14.9 Å². The highest BCUT2D eigenvalue weighted by Gasteiger charge is 2.27. The van der Waals surface area contributed by atoms with E-state index in [1.165, 1.54) is 0 Å². The van der Waals surface area contributed by atoms with Gasteiger partial charge in [-0.1, -0.05) is 0 Å². The fraction of sp³-hybridized carbons (Fsp3) is 0.583. The van der Waals surface area contributed by atoms with Crippen LogP contribution in [0, 0.1) is 0 Å². The summed E-state index contributed by atoms with van der Waals surface area (Å²) in [5.74, 6) is -0.0712. The van der Waals surface area contributed by atoms with E-state index in [-0.39, 0.29) is 18.0 Å². The number of nitrogens with two attached hydrogens (primary N) is 1. The summed E-state index contributed by atoms with van der Waals surface area (Å²) in [5, 5.41) is 0. The monoisotopic (exact) mass is 236 g/mol. The van der Waals surface area contributed by atoms with Crippen molar-refractivity contribution in [3.05, 3.63) is 24.3 Å². The second-order valence-corrected chi connectivity index (χ2v) is 4.43. The average Bonchev–Trinajstić information content (AvgIpc) is 2.29. The number of hydrogen-bond donors (Lipinski definition) is 1. The van der Waals surface area contributed by atoms with Crippen molar-refractivity contribution >= 4 is 5.91 Å². The lowest BCUT2D eigenvalue weighted by atomic mass is 10.1. The van der Waals surface area contributed by atoms with Crippen LogP contribution in [0.1, 0.15) is 39.4 Å². The number of rotatable bonds is 4. The normalized spacial score (nSPS) is 14.5. The minimum absolute atomic E-state index is 0.0712. The molecule has 0 spiro atoms. The van der Waals surface area contributed by atoms with Gasteiger partial charge in [-0.2, -0.15) is 0 Å². The molecule has 5 heteroatoms. The van der Waals surface area contributed by atoms with Crippen LogP contribution in [0.3, 0.4) is 0 Å². The van der Waals surface area contributed by atoms with Gasteiger partial charge in [-0.05, 0) is 27.7 Å². The van der Waals surface area contributed by atoms with Gasteiger partial charge in [0.2, 0.25) is 5.91 Å². The molecule has 1 aromatic rings. The van der Waals surface area contributed by atoms with Crippen LogP contribution in [0.4, 0.5) is 0 Å². The molecule has 0 aliphatic heterocycles. The molecule has 1 aromatic heterocycles. The summed E-state index contributed by atoms with van der Waals surface area (Å²) in [6, 6.07) is -0.552. The Hall–Kier alpha value is -1.49. The molecule has 1 rings (SSSR count). The van der Waals surface area contributed by atoms with E-state index in [1.54, 1.807) is 30.4 Å². The second kappa shape index (κ2) is 5.72. The number of carbonyl (C=O) groups is 1. The van der Waals surface area contributed by atoms with Crippen molar-refractivity contribution in [1.29, 1.82) is 0 Å². The molecule has 0 radical (unpaired) electrons. The Morgan fingerprint density at radius 3 is 2.35 bits per heavy atom. The molecule has 5 nitrogen and oxygen atoms in total. The van der Waals surface area contributed by atoms with E-state index < -0.39 is 6.04 Å². The topological polar surface area (TPSA) is 72.1 Å². The van der Waals surface area contributed by atoms with E-state index in [4.69, 9.17) is 5.73 Å². The van der Waals surface area contributed by atoms with Gasteiger partial charge in [-0.25, -0.2) is 0 Å². The van der Waals surface area contributed by atoms with Crippen LogP contribution in [0.15, 0.2) is 18.6 Å². The molecular formula is C12H20N4O. The molecule has 0 unspecified atom stereocenters. The molecule has 1 heterocycles. The standard InChI is InChI=1S/C12H20N4O/c1-8(2)16(12(17)9(3)13)10(4)11-7-14-5-6-15-11/h5-10H,13H2,1-4H3/t9-,10+/m0/s1. The highest BCUT2D eigenvalue weighted by atomic mass is 16.2. The van der Waals surface area contributed by atoms with Gasteiger partial charge in [-0.15, -0.1) is 0 Å². The third kappa shape index (κ3) is 3.23. The minimum atomic E-state index is -0.503. The third-order valence-electron chi connectivity index (χ3n) is 2.63. The molecule has 0 saturated carbocycles. The first-order chi connectivity index (χ1) is 7.95. The Morgan fingerprint density at radius 1 is 1.29 bits per heavy atom. The number of aromatic nitrogens is 2. The SMILES string of the molecule is CC(C)N(C(=O)[C@H](C)N)[C@H](C)c1cnccn1. The van der Waals surface area contributed by atoms with Crippen LogP contribution < -0.4 is 5.73 Å². The number of carbonyl (C=O) groups excluding carboxylic acids is 1. The van der Waals surface area contributed by atoms with E-state index in [2.05, 4.69) is 9.97 Å². The Balaban J connectivity index is 2.96. The van der Waals surface area contributed by atoms with Crippen molar-refractivity contribution in [2.75, 3.05) is 0 Å². The molecule has 2 N–H and O–H groups in total. The molecule has 0 bridgehead atoms. The molecule has 17 heavy (non-hydrogen) atoms. The number of nitrogens with zero attached hydrogens (tertiary/aromatic N) is 3. The van der Waals surface area contributed by atoms with Crippen molar-refractivity contribution < 1.29 is 4.79 Å². The van der Waals surface area contributed by atoms with E-state index in [0.29, 0.717) is 0 Å². The van der Waals surface area contributed by atoms with E-state index >= 15 is 0 Å². The number of hydrogen-bond acceptors (Lipinski definition) is 4. The van der Waals surface area contributed by atoms with Gasteiger partial charge in [0.25, 0.3) is 0 Å². The number of amides is 1. The van der Waals surface area contributed by atoms with Gasteiger partial charge in [0.1, 0.15) is 0 Å². The summed E-state index contributed by atoms with van der Waals surface area (Å²) in [5.41, 5.74) is 6.44. The Bertz CT molecular complexity index is 364. The maximum Gasteiger partial charge on any atom is 0.239 e. The van der Waals surface area contributed by atoms with Gasteiger partial charge in [-0.3, -0.25) is 14.8 Å². The molecule has 94 valence electrons. The lowest BCUT2D eigenvalue weighted by molar-refractivity contribution is -0.136. The molecule has 2 atom stereocenters. The van der Waals surface area contributed by atoms with Gasteiger partial charge in [0.05, 0.1) is 24.0 Å². The van der Waals surface area contributed by atoms with E-state index in [0.717, 1.165) is 5.69 Å². The highest BCUT2D eigenvalue weighted by molar-refractivity contribution is 5.81. The van der Waals surface area contributed by atoms with Crippen LogP contribution in [-0.2, 0) is 4.79 Å². The summed E-state index contributed by atoms with van der Waals surface area (Å²) in [6.45, 7) is 7.56. The predicted octanol–water partition coefficient (Wildman–Crippen LogP) is 1.12. The Kier molecular flexibility index (Phi) is 4.57. The smallest absolute Gasteiger partial charge is 0.239 e. The maximum atomic E-state index is 12.1. The quantitative estimate of drug-likeness (QED) is 0.850. The zero-order chi connectivity index (χ0) is 13.0. The molecule has 0 aliphatic carbocycles. The largest absolute Gasteiger partial charge is 0.331 e. The zero-order valence-electron chi connectivity index (χ0n) is 10.8. The summed E-state index contributed by atoms with van der Waals surface area (Å²) < 4.78 is 0. The van der Waals surface area contributed by atoms with Crippen molar-refractivity contribution in [2.24, 2.45) is 5.73 Å². The Morgan fingerprint density at radius 2 is 1.94 bits per heavy atom. The molecular weight excluding hydrogens is 216 g/mol. The predicted molar refractivity (Wildman–Crippen MR) is 66.1 cm³/mol. The fourth-order valence-electron chi connectivity index (χ4n) is 1.80. The maximum absolute atomic E-state index is 12.1. The lowest BCUT2D eigenvalue weighted by Crippen LogP contribution is -2.46. The fourth-order valence-corrected chi connectivity index (χ4v) is 1.80. The van der Waals surface area contributed by atoms with Crippen LogP contribution in [0.5, 0.6) is 0 Å². The summed E-state index contributed by atoms with van der Waals surface area (Å²) >= 11 is 0. The van der Waals surface area contributed by atoms with Crippen LogP contribution in [0.25, 0.3) is 0 Å². The van der Waals surface area contributed by atoms with Gasteiger partial charge >= 0.3 is 0 Å². The third-order valence-corrected chi connectivity index (χ3v) is 2.63. The summed E-state index contributed by atoms with van der Waals surface area (Å²) in [7, 11) is 0. The van der Waals surface area contributed by atoms with Crippen LogP contribution >= 0.6 is 0 Å². The zero-order valence-corrected chi connectivity index (χ0v) is 10.8. The van der Waals surface area contributed by atoms with E-state index in [1.807, 2.05) is 20.8 Å². The molecule has 0 aliphatic rings. The van der Waals surface area contributed by atoms with Crippen molar-refractivity contribution in [3.63, 3.8) is 0 Å². The van der Waals surface area contributed by atoms with E-state index in [9.17, 15) is 4.79 Å². The second-order valence-electron chi connectivity index (χ2n) is 4.43. The molecule has 1 amide bonds. The van der Waals surface area contributed by atoms with Gasteiger partial charge in [0.15, 0.2) is 0 Å². The average molecular weight is 236 g/mol. The first-order valence-electron chi connectivity index (χ1n) is 5.78. The first kappa shape index (κ1) is 13.6. The molecule has 0 aromatic carbocycles. The van der Waals surface area contributed by atoms with Crippen molar-refractivity contribution in [2.45, 2.75) is 45.8 Å². The van der Waals surface area contributed by atoms with Crippen molar-refractivity contribution in [3.8, 4) is 0 Å². The van der Waals surface area contributed by atoms with Crippen LogP contribution in [-0.4, -0.2) is 32.9 Å². The molecule has 0 fully saturated rings.